The minimum Gasteiger partial charge on any atom is -0.381 e. The van der Waals surface area contributed by atoms with Crippen LogP contribution in [0.3, 0.4) is 0 Å². The molecule has 2 saturated heterocycles. The van der Waals surface area contributed by atoms with Gasteiger partial charge < -0.3 is 20.5 Å². The number of carbonyl (C=O) groups excluding carboxylic acids is 1. The summed E-state index contributed by atoms with van der Waals surface area (Å²) in [6, 6.07) is 8.39. The van der Waals surface area contributed by atoms with Crippen molar-refractivity contribution in [2.75, 3.05) is 26.3 Å². The summed E-state index contributed by atoms with van der Waals surface area (Å²) in [6.45, 7) is 2.54. The van der Waals surface area contributed by atoms with Crippen LogP contribution in [0.15, 0.2) is 28.7 Å². The molecule has 6 heteroatoms. The third-order valence-electron chi connectivity index (χ3n) is 5.17. The predicted octanol–water partition coefficient (Wildman–Crippen LogP) is 2.12. The van der Waals surface area contributed by atoms with E-state index in [0.717, 1.165) is 43.4 Å². The third-order valence-corrected chi connectivity index (χ3v) is 5.70. The number of halogens is 1. The van der Waals surface area contributed by atoms with Crippen molar-refractivity contribution < 1.29 is 14.3 Å². The SMILES string of the molecule is NC[C@H]1CC[C@@H](C(=O)NCC2(c3ccc(Br)cc3)CCOCC2)O1. The van der Waals surface area contributed by atoms with Crippen LogP contribution in [-0.4, -0.2) is 44.4 Å². The Kier molecular flexibility index (Phi) is 5.92. The molecule has 2 aliphatic heterocycles. The fraction of sp³-hybridized carbons (Fsp3) is 0.611. The van der Waals surface area contributed by atoms with E-state index in [1.165, 1.54) is 5.56 Å². The second-order valence-corrected chi connectivity index (χ2v) is 7.59. The van der Waals surface area contributed by atoms with Gasteiger partial charge in [0.05, 0.1) is 6.10 Å². The summed E-state index contributed by atoms with van der Waals surface area (Å²) in [7, 11) is 0. The molecule has 0 radical (unpaired) electrons. The van der Waals surface area contributed by atoms with Crippen LogP contribution < -0.4 is 11.1 Å². The third kappa shape index (κ3) is 3.99. The van der Waals surface area contributed by atoms with E-state index in [1.54, 1.807) is 0 Å². The summed E-state index contributed by atoms with van der Waals surface area (Å²) in [5.74, 6) is -0.0195. The minimum absolute atomic E-state index is 0.0178. The first-order valence-corrected chi connectivity index (χ1v) is 9.39. The van der Waals surface area contributed by atoms with Gasteiger partial charge in [0, 0.05) is 36.2 Å². The summed E-state index contributed by atoms with van der Waals surface area (Å²) < 4.78 is 12.3. The van der Waals surface area contributed by atoms with Crippen molar-refractivity contribution in [3.05, 3.63) is 34.3 Å². The van der Waals surface area contributed by atoms with Gasteiger partial charge in [-0.25, -0.2) is 0 Å². The minimum atomic E-state index is -0.361. The number of rotatable bonds is 5. The van der Waals surface area contributed by atoms with Gasteiger partial charge in [0.25, 0.3) is 0 Å². The van der Waals surface area contributed by atoms with E-state index in [1.807, 2.05) is 0 Å². The average Bonchev–Trinajstić information content (AvgIpc) is 3.10. The van der Waals surface area contributed by atoms with Crippen LogP contribution in [-0.2, 0) is 19.7 Å². The second-order valence-electron chi connectivity index (χ2n) is 6.68. The number of carbonyl (C=O) groups is 1. The number of hydrogen-bond donors (Lipinski definition) is 2. The normalized spacial score (nSPS) is 26.2. The molecule has 3 rings (SSSR count). The summed E-state index contributed by atoms with van der Waals surface area (Å²) in [5, 5.41) is 3.12. The lowest BCUT2D eigenvalue weighted by Crippen LogP contribution is -2.47. The Morgan fingerprint density at radius 1 is 1.25 bits per heavy atom. The van der Waals surface area contributed by atoms with Crippen LogP contribution in [0.25, 0.3) is 0 Å². The maximum absolute atomic E-state index is 12.5. The average molecular weight is 397 g/mol. The number of nitrogens with two attached hydrogens (primary N) is 1. The highest BCUT2D eigenvalue weighted by Gasteiger charge is 2.36. The van der Waals surface area contributed by atoms with Crippen LogP contribution >= 0.6 is 15.9 Å². The molecular formula is C18H25BrN2O3. The van der Waals surface area contributed by atoms with E-state index in [-0.39, 0.29) is 23.5 Å². The van der Waals surface area contributed by atoms with Crippen molar-refractivity contribution in [2.45, 2.75) is 43.3 Å². The molecule has 132 valence electrons. The fourth-order valence-electron chi connectivity index (χ4n) is 3.58. The zero-order valence-electron chi connectivity index (χ0n) is 13.8. The summed E-state index contributed by atoms with van der Waals surface area (Å²) in [5.41, 5.74) is 6.80. The fourth-order valence-corrected chi connectivity index (χ4v) is 3.84. The van der Waals surface area contributed by atoms with E-state index >= 15 is 0 Å². The molecule has 24 heavy (non-hydrogen) atoms. The monoisotopic (exact) mass is 396 g/mol. The Labute approximate surface area is 151 Å². The van der Waals surface area contributed by atoms with Gasteiger partial charge >= 0.3 is 0 Å². The number of hydrogen-bond acceptors (Lipinski definition) is 4. The van der Waals surface area contributed by atoms with Crippen molar-refractivity contribution in [3.63, 3.8) is 0 Å². The van der Waals surface area contributed by atoms with Crippen molar-refractivity contribution in [1.29, 1.82) is 0 Å². The highest BCUT2D eigenvalue weighted by Crippen LogP contribution is 2.35. The lowest BCUT2D eigenvalue weighted by molar-refractivity contribution is -0.132. The molecule has 0 unspecified atom stereocenters. The first-order valence-electron chi connectivity index (χ1n) is 8.60. The lowest BCUT2D eigenvalue weighted by Gasteiger charge is -2.38. The van der Waals surface area contributed by atoms with Crippen molar-refractivity contribution >= 4 is 21.8 Å². The first-order chi connectivity index (χ1) is 11.6. The number of ether oxygens (including phenoxy) is 2. The van der Waals surface area contributed by atoms with E-state index in [2.05, 4.69) is 45.5 Å². The van der Waals surface area contributed by atoms with Crippen LogP contribution in [0.5, 0.6) is 0 Å². The van der Waals surface area contributed by atoms with Crippen LogP contribution in [0, 0.1) is 0 Å². The highest BCUT2D eigenvalue weighted by molar-refractivity contribution is 9.10. The Balaban J connectivity index is 1.66. The molecule has 2 atom stereocenters. The van der Waals surface area contributed by atoms with Crippen LogP contribution in [0.1, 0.15) is 31.2 Å². The molecular weight excluding hydrogens is 372 g/mol. The topological polar surface area (TPSA) is 73.6 Å². The van der Waals surface area contributed by atoms with Crippen molar-refractivity contribution in [2.24, 2.45) is 5.73 Å². The zero-order valence-corrected chi connectivity index (χ0v) is 15.4. The standard InChI is InChI=1S/C18H25BrN2O3/c19-14-3-1-13(2-4-14)18(7-9-23-10-8-18)12-21-17(22)16-6-5-15(11-20)24-16/h1-4,15-16H,5-12,20H2,(H,21,22)/t15-,16+/m1/s1. The van der Waals surface area contributed by atoms with E-state index in [9.17, 15) is 4.79 Å². The van der Waals surface area contributed by atoms with E-state index in [0.29, 0.717) is 13.1 Å². The smallest absolute Gasteiger partial charge is 0.249 e. The van der Waals surface area contributed by atoms with Crippen molar-refractivity contribution in [1.82, 2.24) is 5.32 Å². The van der Waals surface area contributed by atoms with Crippen LogP contribution in [0.4, 0.5) is 0 Å². The zero-order chi connectivity index (χ0) is 17.0. The largest absolute Gasteiger partial charge is 0.381 e. The molecule has 0 spiro atoms. The van der Waals surface area contributed by atoms with Crippen LogP contribution in [0.2, 0.25) is 0 Å². The number of nitrogens with one attached hydrogen (secondary N) is 1. The van der Waals surface area contributed by atoms with Gasteiger partial charge in [-0.15, -0.1) is 0 Å². The molecule has 0 aliphatic carbocycles. The highest BCUT2D eigenvalue weighted by atomic mass is 79.9. The molecule has 2 fully saturated rings. The van der Waals surface area contributed by atoms with E-state index in [4.69, 9.17) is 15.2 Å². The number of amides is 1. The molecule has 3 N–H and O–H groups in total. The Morgan fingerprint density at radius 2 is 1.96 bits per heavy atom. The quantitative estimate of drug-likeness (QED) is 0.799. The summed E-state index contributed by atoms with van der Waals surface area (Å²) >= 11 is 3.49. The lowest BCUT2D eigenvalue weighted by atomic mass is 9.74. The molecule has 0 bridgehead atoms. The molecule has 1 aromatic carbocycles. The Morgan fingerprint density at radius 3 is 2.58 bits per heavy atom. The maximum Gasteiger partial charge on any atom is 0.249 e. The molecule has 0 saturated carbocycles. The maximum atomic E-state index is 12.5. The van der Waals surface area contributed by atoms with Crippen molar-refractivity contribution in [3.8, 4) is 0 Å². The van der Waals surface area contributed by atoms with Gasteiger partial charge in [0.15, 0.2) is 0 Å². The molecule has 1 aromatic rings. The summed E-state index contributed by atoms with van der Waals surface area (Å²) in [4.78, 5) is 12.5. The van der Waals surface area contributed by atoms with Gasteiger partial charge in [-0.3, -0.25) is 4.79 Å². The van der Waals surface area contributed by atoms with Gasteiger partial charge in [-0.05, 0) is 43.4 Å². The predicted molar refractivity (Wildman–Crippen MR) is 95.8 cm³/mol. The van der Waals surface area contributed by atoms with Gasteiger partial charge in [-0.1, -0.05) is 28.1 Å². The molecule has 1 amide bonds. The van der Waals surface area contributed by atoms with Gasteiger partial charge in [0.1, 0.15) is 6.10 Å². The van der Waals surface area contributed by atoms with E-state index < -0.39 is 0 Å². The summed E-state index contributed by atoms with van der Waals surface area (Å²) in [6.07, 6.45) is 3.09. The Bertz CT molecular complexity index is 558. The number of benzene rings is 1. The van der Waals surface area contributed by atoms with Gasteiger partial charge in [-0.2, -0.15) is 0 Å². The molecule has 0 aromatic heterocycles. The Hall–Kier alpha value is -0.950. The molecule has 5 nitrogen and oxygen atoms in total. The second kappa shape index (κ2) is 7.95. The first kappa shape index (κ1) is 17.9. The molecule has 2 heterocycles. The van der Waals surface area contributed by atoms with Gasteiger partial charge in [0.2, 0.25) is 5.91 Å². The molecule has 2 aliphatic rings.